The molecule has 35 heavy (non-hydrogen) atoms. The highest BCUT2D eigenvalue weighted by Gasteiger charge is 2.26. The molecule has 0 saturated heterocycles. The van der Waals surface area contributed by atoms with E-state index in [1.165, 1.54) is 31.0 Å². The van der Waals surface area contributed by atoms with Gasteiger partial charge in [0.05, 0.1) is 12.6 Å². The van der Waals surface area contributed by atoms with Crippen LogP contribution >= 0.6 is 0 Å². The largest absolute Gasteiger partial charge is 0.383 e. The number of nitrogens with zero attached hydrogens (tertiary/aromatic N) is 1. The van der Waals surface area contributed by atoms with Crippen molar-refractivity contribution in [2.75, 3.05) is 13.7 Å². The number of methoxy groups -OCH3 is 1. The van der Waals surface area contributed by atoms with Gasteiger partial charge in [0.1, 0.15) is 11.1 Å². The van der Waals surface area contributed by atoms with Crippen molar-refractivity contribution in [3.8, 4) is 0 Å². The predicted octanol–water partition coefficient (Wildman–Crippen LogP) is 4.14. The summed E-state index contributed by atoms with van der Waals surface area (Å²) in [7, 11) is 1.60. The molecule has 0 aliphatic heterocycles. The van der Waals surface area contributed by atoms with E-state index >= 15 is 0 Å². The van der Waals surface area contributed by atoms with Crippen molar-refractivity contribution >= 4 is 11.8 Å². The Balaban J connectivity index is 1.58. The number of aryl methyl sites for hydroxylation is 1. The monoisotopic (exact) mass is 479 g/mol. The van der Waals surface area contributed by atoms with E-state index in [1.807, 2.05) is 18.2 Å². The number of rotatable bonds is 7. The number of nitrogens with one attached hydrogen (secondary N) is 2. The second-order valence-electron chi connectivity index (χ2n) is 9.78. The normalized spacial score (nSPS) is 18.7. The van der Waals surface area contributed by atoms with Crippen LogP contribution < -0.4 is 16.1 Å². The fourth-order valence-electron chi connectivity index (χ4n) is 5.28. The van der Waals surface area contributed by atoms with Crippen molar-refractivity contribution in [1.29, 1.82) is 0 Å². The van der Waals surface area contributed by atoms with Crippen molar-refractivity contribution in [2.24, 2.45) is 0 Å². The van der Waals surface area contributed by atoms with Gasteiger partial charge in [-0.1, -0.05) is 56.4 Å². The maximum atomic E-state index is 13.4. The van der Waals surface area contributed by atoms with Crippen LogP contribution in [0, 0.1) is 0 Å². The summed E-state index contributed by atoms with van der Waals surface area (Å²) in [6.45, 7) is 0.844. The number of benzene rings is 1. The topological polar surface area (TPSA) is 89.4 Å². The first-order valence-electron chi connectivity index (χ1n) is 13.0. The average molecular weight is 480 g/mol. The van der Waals surface area contributed by atoms with Crippen LogP contribution in [0.15, 0.2) is 41.5 Å². The first kappa shape index (κ1) is 25.2. The lowest BCUT2D eigenvalue weighted by Gasteiger charge is -2.26. The quantitative estimate of drug-likeness (QED) is 0.625. The highest BCUT2D eigenvalue weighted by Crippen LogP contribution is 2.29. The zero-order valence-corrected chi connectivity index (χ0v) is 20.7. The molecule has 0 bridgehead atoms. The summed E-state index contributed by atoms with van der Waals surface area (Å²) in [4.78, 5) is 39.9. The number of ether oxygens (including phenoxy) is 1. The Morgan fingerprint density at radius 3 is 2.29 bits per heavy atom. The zero-order valence-electron chi connectivity index (χ0n) is 20.7. The van der Waals surface area contributed by atoms with E-state index in [4.69, 9.17) is 4.74 Å². The minimum Gasteiger partial charge on any atom is -0.383 e. The number of aromatic nitrogens is 1. The summed E-state index contributed by atoms with van der Waals surface area (Å²) in [5, 5.41) is 6.14. The van der Waals surface area contributed by atoms with E-state index in [0.29, 0.717) is 13.2 Å². The molecule has 1 unspecified atom stereocenters. The Hall–Kier alpha value is -2.93. The highest BCUT2D eigenvalue weighted by molar-refractivity contribution is 5.99. The summed E-state index contributed by atoms with van der Waals surface area (Å²) >= 11 is 0. The molecule has 7 nitrogen and oxygen atoms in total. The number of hydrogen-bond acceptors (Lipinski definition) is 4. The average Bonchev–Trinajstić information content (AvgIpc) is 2.85. The molecule has 2 aliphatic rings. The SMILES string of the molecule is COCCn1cc(C(=O)NC2CCCCCCC2)c(=O)c(C(=O)NC2CCCc3ccccc32)c1. The van der Waals surface area contributed by atoms with Gasteiger partial charge in [-0.3, -0.25) is 14.4 Å². The van der Waals surface area contributed by atoms with Crippen LogP contribution in [0.2, 0.25) is 0 Å². The van der Waals surface area contributed by atoms with Gasteiger partial charge in [-0.2, -0.15) is 0 Å². The summed E-state index contributed by atoms with van der Waals surface area (Å²) < 4.78 is 6.89. The van der Waals surface area contributed by atoms with Crippen LogP contribution in [0.4, 0.5) is 0 Å². The number of hydrogen-bond donors (Lipinski definition) is 2. The molecule has 2 aromatic rings. The molecule has 0 radical (unpaired) electrons. The second kappa shape index (κ2) is 12.2. The van der Waals surface area contributed by atoms with Gasteiger partial charge in [-0.05, 0) is 43.2 Å². The lowest BCUT2D eigenvalue weighted by molar-refractivity contribution is 0.0927. The van der Waals surface area contributed by atoms with Crippen molar-refractivity contribution < 1.29 is 14.3 Å². The van der Waals surface area contributed by atoms with Crippen molar-refractivity contribution in [3.63, 3.8) is 0 Å². The van der Waals surface area contributed by atoms with Gasteiger partial charge in [0.2, 0.25) is 5.43 Å². The molecule has 1 fully saturated rings. The predicted molar refractivity (Wildman–Crippen MR) is 136 cm³/mol. The maximum absolute atomic E-state index is 13.4. The summed E-state index contributed by atoms with van der Waals surface area (Å²) in [5.74, 6) is -0.840. The molecular weight excluding hydrogens is 442 g/mol. The minimum absolute atomic E-state index is 0.00512. The Bertz CT molecular complexity index is 1090. The van der Waals surface area contributed by atoms with Gasteiger partial charge < -0.3 is 19.9 Å². The number of fused-ring (bicyclic) bond motifs is 1. The molecule has 7 heteroatoms. The van der Waals surface area contributed by atoms with E-state index < -0.39 is 17.2 Å². The Kier molecular flexibility index (Phi) is 8.74. The van der Waals surface area contributed by atoms with Crippen LogP contribution in [0.3, 0.4) is 0 Å². The van der Waals surface area contributed by atoms with Crippen molar-refractivity contribution in [1.82, 2.24) is 15.2 Å². The first-order chi connectivity index (χ1) is 17.1. The molecule has 1 atom stereocenters. The Labute approximate surface area is 207 Å². The molecule has 4 rings (SSSR count). The lowest BCUT2D eigenvalue weighted by Crippen LogP contribution is -2.40. The molecule has 188 valence electrons. The summed E-state index contributed by atoms with van der Waals surface area (Å²) in [5.41, 5.74) is 1.82. The van der Waals surface area contributed by atoms with E-state index in [0.717, 1.165) is 50.5 Å². The van der Waals surface area contributed by atoms with Gasteiger partial charge >= 0.3 is 0 Å². The van der Waals surface area contributed by atoms with Crippen LogP contribution in [0.25, 0.3) is 0 Å². The molecule has 1 aromatic carbocycles. The van der Waals surface area contributed by atoms with Crippen molar-refractivity contribution in [3.05, 3.63) is 69.1 Å². The number of carbonyl (C=O) groups excluding carboxylic acids is 2. The van der Waals surface area contributed by atoms with Crippen LogP contribution in [0.1, 0.15) is 95.7 Å². The third-order valence-corrected chi connectivity index (χ3v) is 7.24. The first-order valence-corrected chi connectivity index (χ1v) is 13.0. The zero-order chi connectivity index (χ0) is 24.6. The molecule has 1 heterocycles. The van der Waals surface area contributed by atoms with E-state index in [1.54, 1.807) is 17.9 Å². The third-order valence-electron chi connectivity index (χ3n) is 7.24. The smallest absolute Gasteiger partial charge is 0.257 e. The van der Waals surface area contributed by atoms with Crippen LogP contribution in [0.5, 0.6) is 0 Å². The fraction of sp³-hybridized carbons (Fsp3) is 0.536. The lowest BCUT2D eigenvalue weighted by atomic mass is 9.87. The molecule has 2 N–H and O–H groups in total. The summed E-state index contributed by atoms with van der Waals surface area (Å²) in [6.07, 6.45) is 13.5. The Morgan fingerprint density at radius 2 is 1.57 bits per heavy atom. The van der Waals surface area contributed by atoms with E-state index in [9.17, 15) is 14.4 Å². The number of pyridine rings is 1. The standard InChI is InChI=1S/C28H37N3O4/c1-35-17-16-31-18-23(27(33)29-21-12-5-3-2-4-6-13-21)26(32)24(19-31)28(34)30-25-15-9-11-20-10-7-8-14-22(20)25/h7-8,10,14,18-19,21,25H,2-6,9,11-13,15-17H2,1H3,(H,29,33)(H,30,34). The third kappa shape index (κ3) is 6.40. The van der Waals surface area contributed by atoms with Gasteiger partial charge in [-0.15, -0.1) is 0 Å². The number of amides is 2. The highest BCUT2D eigenvalue weighted by atomic mass is 16.5. The van der Waals surface area contributed by atoms with E-state index in [2.05, 4.69) is 16.7 Å². The molecule has 1 saturated carbocycles. The Morgan fingerprint density at radius 1 is 0.914 bits per heavy atom. The summed E-state index contributed by atoms with van der Waals surface area (Å²) in [6, 6.07) is 8.02. The van der Waals surface area contributed by atoms with Gasteiger partial charge in [0.15, 0.2) is 0 Å². The molecular formula is C28H37N3O4. The minimum atomic E-state index is -0.524. The van der Waals surface area contributed by atoms with Gasteiger partial charge in [0, 0.05) is 32.1 Å². The van der Waals surface area contributed by atoms with Gasteiger partial charge in [-0.25, -0.2) is 0 Å². The van der Waals surface area contributed by atoms with Gasteiger partial charge in [0.25, 0.3) is 11.8 Å². The molecule has 1 aromatic heterocycles. The fourth-order valence-corrected chi connectivity index (χ4v) is 5.28. The molecule has 0 spiro atoms. The van der Waals surface area contributed by atoms with Crippen molar-refractivity contribution in [2.45, 2.75) is 82.8 Å². The maximum Gasteiger partial charge on any atom is 0.257 e. The van der Waals surface area contributed by atoms with Crippen LogP contribution in [-0.4, -0.2) is 36.1 Å². The molecule has 2 amide bonds. The van der Waals surface area contributed by atoms with E-state index in [-0.39, 0.29) is 23.2 Å². The number of carbonyl (C=O) groups is 2. The molecule has 2 aliphatic carbocycles. The second-order valence-corrected chi connectivity index (χ2v) is 9.78. The van der Waals surface area contributed by atoms with Crippen LogP contribution in [-0.2, 0) is 17.7 Å².